The SMILES string of the molecule is C=C1OC(=O)[C@]2([C@H](/C=C/C)C=C[C@@H](O)[C@@H]2O)[C@H]1O. The van der Waals surface area contributed by atoms with Crippen molar-refractivity contribution in [3.8, 4) is 0 Å². The van der Waals surface area contributed by atoms with E-state index in [-0.39, 0.29) is 5.76 Å². The minimum atomic E-state index is -1.61. The summed E-state index contributed by atoms with van der Waals surface area (Å²) in [6.07, 6.45) is 2.37. The molecule has 0 aromatic rings. The highest BCUT2D eigenvalue weighted by Crippen LogP contribution is 2.49. The standard InChI is InChI=1S/C13H16O5/c1-3-4-8-5-6-9(14)11(16)13(8)10(15)7(2)18-12(13)17/h3-6,8-11,14-16H,2H2,1H3/b4-3+/t8-,9-,10+,11+,13-/m1/s1. The van der Waals surface area contributed by atoms with Gasteiger partial charge in [-0.2, -0.15) is 0 Å². The van der Waals surface area contributed by atoms with Gasteiger partial charge >= 0.3 is 5.97 Å². The predicted octanol–water partition coefficient (Wildman–Crippen LogP) is -0.112. The number of esters is 1. The molecule has 1 heterocycles. The van der Waals surface area contributed by atoms with Gasteiger partial charge in [0.2, 0.25) is 0 Å². The molecular formula is C13H16O5. The molecule has 0 amide bonds. The Morgan fingerprint density at radius 3 is 2.56 bits per heavy atom. The largest absolute Gasteiger partial charge is 0.428 e. The summed E-state index contributed by atoms with van der Waals surface area (Å²) in [4.78, 5) is 12.0. The normalized spacial score (nSPS) is 44.0. The molecule has 1 fully saturated rings. The van der Waals surface area contributed by atoms with E-state index in [1.165, 1.54) is 6.08 Å². The highest BCUT2D eigenvalue weighted by atomic mass is 16.6. The second kappa shape index (κ2) is 4.35. The molecule has 0 bridgehead atoms. The minimum Gasteiger partial charge on any atom is -0.428 e. The topological polar surface area (TPSA) is 87.0 Å². The molecule has 98 valence electrons. The molecule has 18 heavy (non-hydrogen) atoms. The summed E-state index contributed by atoms with van der Waals surface area (Å²) in [7, 11) is 0. The predicted molar refractivity (Wildman–Crippen MR) is 63.1 cm³/mol. The number of allylic oxidation sites excluding steroid dienone is 3. The fourth-order valence-electron chi connectivity index (χ4n) is 2.65. The zero-order valence-electron chi connectivity index (χ0n) is 9.98. The van der Waals surface area contributed by atoms with Crippen LogP contribution in [0.25, 0.3) is 0 Å². The number of hydrogen-bond donors (Lipinski definition) is 3. The van der Waals surface area contributed by atoms with Crippen molar-refractivity contribution in [3.05, 3.63) is 36.6 Å². The van der Waals surface area contributed by atoms with Gasteiger partial charge in [0.1, 0.15) is 23.4 Å². The van der Waals surface area contributed by atoms with Gasteiger partial charge in [-0.3, -0.25) is 4.79 Å². The second-order valence-corrected chi connectivity index (χ2v) is 4.56. The Labute approximate surface area is 105 Å². The van der Waals surface area contributed by atoms with E-state index in [1.807, 2.05) is 0 Å². The number of aliphatic hydroxyl groups excluding tert-OH is 3. The van der Waals surface area contributed by atoms with E-state index in [2.05, 4.69) is 6.58 Å². The Kier molecular flexibility index (Phi) is 3.14. The van der Waals surface area contributed by atoms with Gasteiger partial charge in [-0.1, -0.05) is 30.9 Å². The third-order valence-electron chi connectivity index (χ3n) is 3.61. The molecule has 0 aromatic carbocycles. The van der Waals surface area contributed by atoms with E-state index in [0.717, 1.165) is 0 Å². The molecule has 5 heteroatoms. The smallest absolute Gasteiger partial charge is 0.324 e. The van der Waals surface area contributed by atoms with Gasteiger partial charge in [0.05, 0.1) is 6.10 Å². The lowest BCUT2D eigenvalue weighted by molar-refractivity contribution is -0.164. The van der Waals surface area contributed by atoms with E-state index in [0.29, 0.717) is 0 Å². The molecule has 5 nitrogen and oxygen atoms in total. The van der Waals surface area contributed by atoms with Crippen LogP contribution in [0, 0.1) is 11.3 Å². The van der Waals surface area contributed by atoms with Crippen LogP contribution in [0.5, 0.6) is 0 Å². The zero-order chi connectivity index (χ0) is 13.5. The maximum atomic E-state index is 12.0. The van der Waals surface area contributed by atoms with Gasteiger partial charge in [0, 0.05) is 5.92 Å². The van der Waals surface area contributed by atoms with Crippen molar-refractivity contribution in [2.45, 2.75) is 25.2 Å². The molecule has 1 aliphatic carbocycles. The number of cyclic esters (lactones) is 1. The van der Waals surface area contributed by atoms with Crippen molar-refractivity contribution in [1.29, 1.82) is 0 Å². The Balaban J connectivity index is 2.58. The van der Waals surface area contributed by atoms with Gasteiger partial charge in [-0.15, -0.1) is 0 Å². The van der Waals surface area contributed by atoms with Crippen LogP contribution in [0.3, 0.4) is 0 Å². The first kappa shape index (κ1) is 13.0. The molecule has 0 saturated carbocycles. The third-order valence-corrected chi connectivity index (χ3v) is 3.61. The van der Waals surface area contributed by atoms with Crippen LogP contribution in [0.2, 0.25) is 0 Å². The minimum absolute atomic E-state index is 0.101. The fourth-order valence-corrected chi connectivity index (χ4v) is 2.65. The Morgan fingerprint density at radius 1 is 1.39 bits per heavy atom. The highest BCUT2D eigenvalue weighted by molar-refractivity contribution is 5.84. The summed E-state index contributed by atoms with van der Waals surface area (Å²) >= 11 is 0. The number of carbonyl (C=O) groups excluding carboxylic acids is 1. The molecule has 5 atom stereocenters. The maximum absolute atomic E-state index is 12.0. The first-order valence-corrected chi connectivity index (χ1v) is 5.72. The fraction of sp³-hybridized carbons (Fsp3) is 0.462. The summed E-state index contributed by atoms with van der Waals surface area (Å²) in [6, 6.07) is 0. The Morgan fingerprint density at radius 2 is 2.06 bits per heavy atom. The van der Waals surface area contributed by atoms with E-state index in [9.17, 15) is 20.1 Å². The highest BCUT2D eigenvalue weighted by Gasteiger charge is 2.64. The number of carbonyl (C=O) groups is 1. The first-order chi connectivity index (χ1) is 8.46. The number of aliphatic hydroxyl groups is 3. The molecular weight excluding hydrogens is 236 g/mol. The van der Waals surface area contributed by atoms with Crippen LogP contribution >= 0.6 is 0 Å². The van der Waals surface area contributed by atoms with E-state index in [4.69, 9.17) is 4.74 Å². The summed E-state index contributed by atoms with van der Waals surface area (Å²) in [5, 5.41) is 30.0. The lowest BCUT2D eigenvalue weighted by Gasteiger charge is -2.41. The number of rotatable bonds is 1. The zero-order valence-corrected chi connectivity index (χ0v) is 9.98. The van der Waals surface area contributed by atoms with Gasteiger partial charge in [-0.25, -0.2) is 0 Å². The lowest BCUT2D eigenvalue weighted by atomic mass is 9.63. The molecule has 2 rings (SSSR count). The van der Waals surface area contributed by atoms with Crippen LogP contribution in [-0.2, 0) is 9.53 Å². The van der Waals surface area contributed by atoms with Crippen LogP contribution < -0.4 is 0 Å². The summed E-state index contributed by atoms with van der Waals surface area (Å²) in [5.74, 6) is -1.42. The molecule has 2 aliphatic rings. The Hall–Kier alpha value is -1.43. The second-order valence-electron chi connectivity index (χ2n) is 4.56. The van der Waals surface area contributed by atoms with Crippen molar-refractivity contribution in [2.75, 3.05) is 0 Å². The number of ether oxygens (including phenoxy) is 1. The summed E-state index contributed by atoms with van der Waals surface area (Å²) in [5.41, 5.74) is -1.61. The molecule has 3 N–H and O–H groups in total. The van der Waals surface area contributed by atoms with E-state index >= 15 is 0 Å². The lowest BCUT2D eigenvalue weighted by Crippen LogP contribution is -2.57. The van der Waals surface area contributed by atoms with E-state index in [1.54, 1.807) is 25.2 Å². The molecule has 0 aromatic heterocycles. The maximum Gasteiger partial charge on any atom is 0.324 e. The van der Waals surface area contributed by atoms with Crippen molar-refractivity contribution in [3.63, 3.8) is 0 Å². The number of hydrogen-bond acceptors (Lipinski definition) is 5. The van der Waals surface area contributed by atoms with Crippen LogP contribution in [-0.4, -0.2) is 39.6 Å². The Bertz CT molecular complexity index is 439. The van der Waals surface area contributed by atoms with Crippen LogP contribution in [0.4, 0.5) is 0 Å². The van der Waals surface area contributed by atoms with Crippen molar-refractivity contribution >= 4 is 5.97 Å². The van der Waals surface area contributed by atoms with E-state index < -0.39 is 35.6 Å². The van der Waals surface area contributed by atoms with Crippen molar-refractivity contribution < 1.29 is 24.9 Å². The van der Waals surface area contributed by atoms with Crippen LogP contribution in [0.1, 0.15) is 6.92 Å². The van der Waals surface area contributed by atoms with Gasteiger partial charge in [0.25, 0.3) is 0 Å². The first-order valence-electron chi connectivity index (χ1n) is 5.72. The average Bonchev–Trinajstić information content (AvgIpc) is 2.54. The molecule has 1 aliphatic heterocycles. The average molecular weight is 252 g/mol. The molecule has 0 unspecified atom stereocenters. The molecule has 1 saturated heterocycles. The van der Waals surface area contributed by atoms with Gasteiger partial charge < -0.3 is 20.1 Å². The monoisotopic (exact) mass is 252 g/mol. The summed E-state index contributed by atoms with van der Waals surface area (Å²) in [6.45, 7) is 5.22. The quantitative estimate of drug-likeness (QED) is 0.447. The molecule has 0 radical (unpaired) electrons. The van der Waals surface area contributed by atoms with Crippen molar-refractivity contribution in [2.24, 2.45) is 11.3 Å². The third kappa shape index (κ3) is 1.48. The van der Waals surface area contributed by atoms with Gasteiger partial charge in [-0.05, 0) is 6.92 Å². The molecule has 1 spiro atoms. The van der Waals surface area contributed by atoms with Crippen molar-refractivity contribution in [1.82, 2.24) is 0 Å². The van der Waals surface area contributed by atoms with Gasteiger partial charge in [0.15, 0.2) is 0 Å². The summed E-state index contributed by atoms with van der Waals surface area (Å²) < 4.78 is 4.84. The van der Waals surface area contributed by atoms with Crippen LogP contribution in [0.15, 0.2) is 36.6 Å².